The largest absolute Gasteiger partial charge is 0.271 e. The molecular weight excluding hydrogens is 335 g/mol. The highest BCUT2D eigenvalue weighted by atomic mass is 79.9. The summed E-state index contributed by atoms with van der Waals surface area (Å²) in [5.74, 6) is 5.21. The zero-order valence-electron chi connectivity index (χ0n) is 10.2. The minimum Gasteiger partial charge on any atom is -0.271 e. The van der Waals surface area contributed by atoms with Gasteiger partial charge in [-0.3, -0.25) is 10.5 Å². The smallest absolute Gasteiger partial charge is 0.128 e. The number of halogens is 3. The van der Waals surface area contributed by atoms with Gasteiger partial charge in [0.05, 0.1) is 22.4 Å². The van der Waals surface area contributed by atoms with Gasteiger partial charge in [-0.25, -0.2) is 9.82 Å². The van der Waals surface area contributed by atoms with E-state index in [0.717, 1.165) is 10.2 Å². The molecule has 19 heavy (non-hydrogen) atoms. The third-order valence-electron chi connectivity index (χ3n) is 2.84. The van der Waals surface area contributed by atoms with Gasteiger partial charge >= 0.3 is 0 Å². The second-order valence-electron chi connectivity index (χ2n) is 3.96. The van der Waals surface area contributed by atoms with Crippen molar-refractivity contribution in [3.63, 3.8) is 0 Å². The van der Waals surface area contributed by atoms with Crippen molar-refractivity contribution in [2.45, 2.75) is 19.5 Å². The maximum atomic E-state index is 14.0. The molecule has 1 aromatic carbocycles. The van der Waals surface area contributed by atoms with Crippen LogP contribution in [0.4, 0.5) is 4.39 Å². The second kappa shape index (κ2) is 6.00. The topological polar surface area (TPSA) is 55.9 Å². The number of aromatic nitrogens is 2. The van der Waals surface area contributed by atoms with Crippen molar-refractivity contribution < 1.29 is 4.39 Å². The number of hydrogen-bond donors (Lipinski definition) is 2. The Kier molecular flexibility index (Phi) is 4.57. The normalized spacial score (nSPS) is 12.7. The van der Waals surface area contributed by atoms with E-state index in [0.29, 0.717) is 17.1 Å². The molecule has 2 aromatic rings. The van der Waals surface area contributed by atoms with E-state index in [1.807, 2.05) is 6.92 Å². The SMILES string of the molecule is CCn1ncc(Br)c1C(NN)c1cc(Cl)ccc1F. The zero-order valence-corrected chi connectivity index (χ0v) is 12.5. The van der Waals surface area contributed by atoms with Crippen molar-refractivity contribution in [2.24, 2.45) is 5.84 Å². The summed E-state index contributed by atoms with van der Waals surface area (Å²) in [4.78, 5) is 0. The lowest BCUT2D eigenvalue weighted by atomic mass is 10.0. The molecule has 0 radical (unpaired) electrons. The summed E-state index contributed by atoms with van der Waals surface area (Å²) in [6.45, 7) is 2.60. The van der Waals surface area contributed by atoms with Crippen LogP contribution in [0.5, 0.6) is 0 Å². The van der Waals surface area contributed by atoms with Crippen LogP contribution in [-0.4, -0.2) is 9.78 Å². The van der Waals surface area contributed by atoms with Gasteiger partial charge in [0.15, 0.2) is 0 Å². The fourth-order valence-corrected chi connectivity index (χ4v) is 2.67. The maximum absolute atomic E-state index is 14.0. The summed E-state index contributed by atoms with van der Waals surface area (Å²) in [5, 5.41) is 4.65. The molecule has 1 unspecified atom stereocenters. The third kappa shape index (κ3) is 2.81. The average molecular weight is 348 g/mol. The number of nitrogens with zero attached hydrogens (tertiary/aromatic N) is 2. The first-order valence-electron chi connectivity index (χ1n) is 5.70. The van der Waals surface area contributed by atoms with Crippen LogP contribution < -0.4 is 11.3 Å². The van der Waals surface area contributed by atoms with Crippen LogP contribution in [0.15, 0.2) is 28.9 Å². The van der Waals surface area contributed by atoms with Crippen molar-refractivity contribution in [3.05, 3.63) is 51.0 Å². The fraction of sp³-hybridized carbons (Fsp3) is 0.250. The summed E-state index contributed by atoms with van der Waals surface area (Å²) < 4.78 is 16.5. The molecule has 4 nitrogen and oxygen atoms in total. The summed E-state index contributed by atoms with van der Waals surface area (Å²) in [6, 6.07) is 3.85. The van der Waals surface area contributed by atoms with Gasteiger partial charge < -0.3 is 0 Å². The van der Waals surface area contributed by atoms with Crippen molar-refractivity contribution in [1.82, 2.24) is 15.2 Å². The summed E-state index contributed by atoms with van der Waals surface area (Å²) in [7, 11) is 0. The van der Waals surface area contributed by atoms with Crippen molar-refractivity contribution in [2.75, 3.05) is 0 Å². The van der Waals surface area contributed by atoms with E-state index in [2.05, 4.69) is 26.5 Å². The Labute approximate surface area is 123 Å². The van der Waals surface area contributed by atoms with Gasteiger partial charge in [-0.15, -0.1) is 0 Å². The van der Waals surface area contributed by atoms with Crippen LogP contribution >= 0.6 is 27.5 Å². The first-order chi connectivity index (χ1) is 9.08. The van der Waals surface area contributed by atoms with Crippen molar-refractivity contribution in [3.8, 4) is 0 Å². The van der Waals surface area contributed by atoms with Crippen molar-refractivity contribution >= 4 is 27.5 Å². The predicted molar refractivity (Wildman–Crippen MR) is 76.2 cm³/mol. The maximum Gasteiger partial charge on any atom is 0.128 e. The molecule has 0 saturated carbocycles. The molecular formula is C12H13BrClFN4. The number of nitrogens with one attached hydrogen (secondary N) is 1. The second-order valence-corrected chi connectivity index (χ2v) is 5.25. The Hall–Kier alpha value is -0.950. The van der Waals surface area contributed by atoms with Gasteiger partial charge in [0, 0.05) is 17.1 Å². The van der Waals surface area contributed by atoms with Crippen LogP contribution in [0.3, 0.4) is 0 Å². The Morgan fingerprint density at radius 1 is 1.58 bits per heavy atom. The number of hydrogen-bond acceptors (Lipinski definition) is 3. The molecule has 1 aromatic heterocycles. The molecule has 0 spiro atoms. The molecule has 0 amide bonds. The molecule has 102 valence electrons. The van der Waals surface area contributed by atoms with E-state index in [1.54, 1.807) is 16.9 Å². The van der Waals surface area contributed by atoms with E-state index in [4.69, 9.17) is 17.4 Å². The van der Waals surface area contributed by atoms with Gasteiger partial charge in [-0.2, -0.15) is 5.10 Å². The van der Waals surface area contributed by atoms with Crippen LogP contribution in [0.2, 0.25) is 5.02 Å². The lowest BCUT2D eigenvalue weighted by Crippen LogP contribution is -2.31. The Bertz CT molecular complexity index is 587. The Balaban J connectivity index is 2.56. The minimum atomic E-state index is -0.532. The number of benzene rings is 1. The van der Waals surface area contributed by atoms with E-state index in [1.165, 1.54) is 12.1 Å². The molecule has 0 aliphatic heterocycles. The Morgan fingerprint density at radius 3 is 2.95 bits per heavy atom. The number of nitrogens with two attached hydrogens (primary N) is 1. The number of hydrazine groups is 1. The molecule has 0 aliphatic carbocycles. The summed E-state index contributed by atoms with van der Waals surface area (Å²) >= 11 is 9.33. The quantitative estimate of drug-likeness (QED) is 0.660. The summed E-state index contributed by atoms with van der Waals surface area (Å²) in [6.07, 6.45) is 1.66. The standard InChI is InChI=1S/C12H13BrClFN4/c1-2-19-12(9(13)6-17-19)11(18-16)8-5-7(14)3-4-10(8)15/h3-6,11,18H,2,16H2,1H3. The first-order valence-corrected chi connectivity index (χ1v) is 6.87. The molecule has 3 N–H and O–H groups in total. The number of aryl methyl sites for hydroxylation is 1. The Morgan fingerprint density at radius 2 is 2.32 bits per heavy atom. The van der Waals surface area contributed by atoms with Crippen LogP contribution in [0, 0.1) is 5.82 Å². The van der Waals surface area contributed by atoms with Gasteiger partial charge in [0.2, 0.25) is 0 Å². The van der Waals surface area contributed by atoms with Gasteiger partial charge in [0.25, 0.3) is 0 Å². The fourth-order valence-electron chi connectivity index (χ4n) is 1.96. The first kappa shape index (κ1) is 14.5. The summed E-state index contributed by atoms with van der Waals surface area (Å²) in [5.41, 5.74) is 3.75. The van der Waals surface area contributed by atoms with E-state index < -0.39 is 6.04 Å². The zero-order chi connectivity index (χ0) is 14.0. The van der Waals surface area contributed by atoms with E-state index in [-0.39, 0.29) is 5.82 Å². The lowest BCUT2D eigenvalue weighted by Gasteiger charge is -2.19. The highest BCUT2D eigenvalue weighted by Gasteiger charge is 2.23. The molecule has 0 aliphatic rings. The predicted octanol–water partition coefficient (Wildman–Crippen LogP) is 3.01. The molecule has 2 rings (SSSR count). The van der Waals surface area contributed by atoms with Crippen LogP contribution in [-0.2, 0) is 6.54 Å². The molecule has 1 heterocycles. The molecule has 7 heteroatoms. The van der Waals surface area contributed by atoms with Gasteiger partial charge in [-0.1, -0.05) is 11.6 Å². The molecule has 0 bridgehead atoms. The average Bonchev–Trinajstić information content (AvgIpc) is 2.76. The lowest BCUT2D eigenvalue weighted by molar-refractivity contribution is 0.515. The van der Waals surface area contributed by atoms with Gasteiger partial charge in [-0.05, 0) is 41.1 Å². The van der Waals surface area contributed by atoms with E-state index >= 15 is 0 Å². The number of rotatable bonds is 4. The van der Waals surface area contributed by atoms with Crippen LogP contribution in [0.25, 0.3) is 0 Å². The molecule has 0 fully saturated rings. The monoisotopic (exact) mass is 346 g/mol. The third-order valence-corrected chi connectivity index (χ3v) is 3.69. The highest BCUT2D eigenvalue weighted by Crippen LogP contribution is 2.30. The van der Waals surface area contributed by atoms with Crippen LogP contribution in [0.1, 0.15) is 24.2 Å². The van der Waals surface area contributed by atoms with Crippen molar-refractivity contribution in [1.29, 1.82) is 0 Å². The van der Waals surface area contributed by atoms with Gasteiger partial charge in [0.1, 0.15) is 5.82 Å². The highest BCUT2D eigenvalue weighted by molar-refractivity contribution is 9.10. The van der Waals surface area contributed by atoms with E-state index in [9.17, 15) is 4.39 Å². The minimum absolute atomic E-state index is 0.372. The molecule has 0 saturated heterocycles. The molecule has 1 atom stereocenters.